The van der Waals surface area contributed by atoms with Gasteiger partial charge in [-0.2, -0.15) is 0 Å². The number of carbonyl (C=O) groups excluding carboxylic acids is 2. The Morgan fingerprint density at radius 1 is 1.11 bits per heavy atom. The molecule has 5 rings (SSSR count). The Kier molecular flexibility index (Phi) is 6.47. The fourth-order valence-corrected chi connectivity index (χ4v) is 5.24. The predicted octanol–water partition coefficient (Wildman–Crippen LogP) is 4.78. The van der Waals surface area contributed by atoms with E-state index in [0.717, 1.165) is 5.56 Å². The number of likely N-dealkylation sites (tertiary alicyclic amines) is 1. The van der Waals surface area contributed by atoms with E-state index in [-0.39, 0.29) is 29.4 Å². The molecule has 2 aromatic heterocycles. The average Bonchev–Trinajstić information content (AvgIpc) is 3.37. The number of aromatic nitrogens is 2. The van der Waals surface area contributed by atoms with Gasteiger partial charge < -0.3 is 19.8 Å². The number of carbonyl (C=O) groups is 2. The lowest BCUT2D eigenvalue weighted by Crippen LogP contribution is -2.31. The third kappa shape index (κ3) is 4.25. The van der Waals surface area contributed by atoms with Crippen LogP contribution in [0.25, 0.3) is 11.4 Å². The lowest BCUT2D eigenvalue weighted by atomic mass is 9.95. The fraction of sp³-hybridized carbons (Fsp3) is 0.179. The number of nitrogens with zero attached hydrogens (tertiary/aromatic N) is 3. The molecule has 1 aliphatic heterocycles. The predicted molar refractivity (Wildman–Crippen MR) is 141 cm³/mol. The molecule has 0 spiro atoms. The van der Waals surface area contributed by atoms with Crippen molar-refractivity contribution in [2.45, 2.75) is 19.4 Å². The van der Waals surface area contributed by atoms with Gasteiger partial charge in [-0.25, -0.2) is 4.98 Å². The van der Waals surface area contributed by atoms with Gasteiger partial charge in [0.1, 0.15) is 11.3 Å². The molecule has 0 bridgehead atoms. The van der Waals surface area contributed by atoms with Gasteiger partial charge >= 0.3 is 0 Å². The molecule has 4 aromatic rings. The third-order valence-corrected chi connectivity index (χ3v) is 7.14. The summed E-state index contributed by atoms with van der Waals surface area (Å²) in [6, 6.07) is 17.3. The zero-order chi connectivity index (χ0) is 26.3. The van der Waals surface area contributed by atoms with Crippen molar-refractivity contribution in [3.8, 4) is 11.5 Å². The van der Waals surface area contributed by atoms with Crippen LogP contribution in [0.15, 0.2) is 76.9 Å². The number of imidazole rings is 1. The maximum Gasteiger partial charge on any atom is 0.295 e. The number of aromatic hydroxyl groups is 1. The number of benzene rings is 2. The molecule has 1 aliphatic rings. The first-order chi connectivity index (χ1) is 17.8. The number of aliphatic hydroxyl groups is 1. The van der Waals surface area contributed by atoms with Gasteiger partial charge in [0, 0.05) is 12.7 Å². The van der Waals surface area contributed by atoms with E-state index in [0.29, 0.717) is 33.5 Å². The second kappa shape index (κ2) is 9.74. The lowest BCUT2D eigenvalue weighted by Gasteiger charge is -2.26. The number of amides is 1. The van der Waals surface area contributed by atoms with Gasteiger partial charge in [0.15, 0.2) is 17.3 Å². The smallest absolute Gasteiger partial charge is 0.295 e. The van der Waals surface area contributed by atoms with Crippen molar-refractivity contribution < 1.29 is 24.5 Å². The Balaban J connectivity index is 1.70. The van der Waals surface area contributed by atoms with Crippen LogP contribution in [0.2, 0.25) is 0 Å². The van der Waals surface area contributed by atoms with Gasteiger partial charge in [0.2, 0.25) is 0 Å². The second-order valence-electron chi connectivity index (χ2n) is 8.76. The van der Waals surface area contributed by atoms with Gasteiger partial charge in [-0.3, -0.25) is 14.0 Å². The number of pyridine rings is 1. The number of fused-ring (bicyclic) bond motifs is 1. The van der Waals surface area contributed by atoms with Crippen LogP contribution in [0.4, 0.5) is 0 Å². The van der Waals surface area contributed by atoms with E-state index in [9.17, 15) is 19.8 Å². The van der Waals surface area contributed by atoms with Crippen molar-refractivity contribution in [1.29, 1.82) is 0 Å². The van der Waals surface area contributed by atoms with Crippen LogP contribution in [-0.4, -0.2) is 49.8 Å². The summed E-state index contributed by atoms with van der Waals surface area (Å²) in [6.07, 6.45) is 2.25. The summed E-state index contributed by atoms with van der Waals surface area (Å²) in [5.74, 6) is -1.75. The molecule has 1 fully saturated rings. The number of hydrogen-bond acceptors (Lipinski definition) is 6. The van der Waals surface area contributed by atoms with Crippen LogP contribution < -0.4 is 4.74 Å². The van der Waals surface area contributed by atoms with Crippen LogP contribution in [0, 0.1) is 6.92 Å². The highest BCUT2D eigenvalue weighted by Gasteiger charge is 2.46. The van der Waals surface area contributed by atoms with Crippen molar-refractivity contribution in [2.75, 3.05) is 13.7 Å². The van der Waals surface area contributed by atoms with Gasteiger partial charge in [0.05, 0.1) is 28.9 Å². The van der Waals surface area contributed by atoms with Crippen molar-refractivity contribution in [3.05, 3.63) is 99.4 Å². The number of phenolic OH excluding ortho intramolecular Hbond substituents is 1. The number of hydrogen-bond donors (Lipinski definition) is 2. The molecule has 37 heavy (non-hydrogen) atoms. The fourth-order valence-electron chi connectivity index (χ4n) is 4.79. The minimum atomic E-state index is -0.914. The lowest BCUT2D eigenvalue weighted by molar-refractivity contribution is -0.139. The van der Waals surface area contributed by atoms with Crippen LogP contribution in [0.5, 0.6) is 11.5 Å². The van der Waals surface area contributed by atoms with E-state index in [1.165, 1.54) is 12.0 Å². The summed E-state index contributed by atoms with van der Waals surface area (Å²) in [4.78, 5) is 32.8. The summed E-state index contributed by atoms with van der Waals surface area (Å²) < 4.78 is 7.35. The van der Waals surface area contributed by atoms with Gasteiger partial charge in [-0.05, 0) is 64.7 Å². The summed E-state index contributed by atoms with van der Waals surface area (Å²) in [6.45, 7) is 1.98. The Morgan fingerprint density at radius 3 is 2.57 bits per heavy atom. The van der Waals surface area contributed by atoms with Crippen molar-refractivity contribution in [1.82, 2.24) is 14.3 Å². The van der Waals surface area contributed by atoms with Crippen molar-refractivity contribution in [2.24, 2.45) is 0 Å². The molecule has 1 amide bonds. The van der Waals surface area contributed by atoms with Crippen LogP contribution >= 0.6 is 15.9 Å². The minimum absolute atomic E-state index is 0.0496. The highest BCUT2D eigenvalue weighted by Crippen LogP contribution is 2.44. The SMILES string of the molecule is COc1cc(C2C(=C(O)c3c(C)nc4ccccn34)C(=O)C(=O)N2CCc2ccccc2)cc(Br)c1O. The van der Waals surface area contributed by atoms with E-state index in [4.69, 9.17) is 4.74 Å². The number of rotatable bonds is 6. The number of phenols is 1. The summed E-state index contributed by atoms with van der Waals surface area (Å²) in [5.41, 5.74) is 2.91. The van der Waals surface area contributed by atoms with Crippen molar-refractivity contribution >= 4 is 39.0 Å². The maximum absolute atomic E-state index is 13.5. The zero-order valence-corrected chi connectivity index (χ0v) is 21.8. The second-order valence-corrected chi connectivity index (χ2v) is 9.61. The van der Waals surface area contributed by atoms with Crippen LogP contribution in [0.1, 0.15) is 28.6 Å². The molecule has 188 valence electrons. The van der Waals surface area contributed by atoms with E-state index < -0.39 is 17.7 Å². The maximum atomic E-state index is 13.5. The first-order valence-electron chi connectivity index (χ1n) is 11.6. The minimum Gasteiger partial charge on any atom is -0.505 e. The molecule has 9 heteroatoms. The molecule has 1 atom stereocenters. The molecular weight excluding hydrogens is 538 g/mol. The number of methoxy groups -OCH3 is 1. The molecule has 1 saturated heterocycles. The zero-order valence-electron chi connectivity index (χ0n) is 20.2. The number of ketones is 1. The third-order valence-electron chi connectivity index (χ3n) is 6.54. The number of aryl methyl sites for hydroxylation is 1. The Bertz CT molecular complexity index is 1560. The van der Waals surface area contributed by atoms with E-state index >= 15 is 0 Å². The van der Waals surface area contributed by atoms with E-state index in [1.807, 2.05) is 36.4 Å². The normalized spacial score (nSPS) is 17.1. The molecule has 0 radical (unpaired) electrons. The molecule has 2 aromatic carbocycles. The Morgan fingerprint density at radius 2 is 1.84 bits per heavy atom. The molecule has 0 saturated carbocycles. The Labute approximate surface area is 221 Å². The number of aliphatic hydroxyl groups excluding tert-OH is 1. The van der Waals surface area contributed by atoms with E-state index in [2.05, 4.69) is 20.9 Å². The van der Waals surface area contributed by atoms with Gasteiger partial charge in [-0.15, -0.1) is 0 Å². The molecule has 0 aliphatic carbocycles. The largest absolute Gasteiger partial charge is 0.505 e. The summed E-state index contributed by atoms with van der Waals surface area (Å²) in [7, 11) is 1.42. The quantitative estimate of drug-likeness (QED) is 0.199. The van der Waals surface area contributed by atoms with Crippen molar-refractivity contribution in [3.63, 3.8) is 0 Å². The average molecular weight is 562 g/mol. The highest BCUT2D eigenvalue weighted by atomic mass is 79.9. The van der Waals surface area contributed by atoms with Crippen LogP contribution in [0.3, 0.4) is 0 Å². The number of ether oxygens (including phenoxy) is 1. The van der Waals surface area contributed by atoms with Gasteiger partial charge in [-0.1, -0.05) is 36.4 Å². The molecule has 8 nitrogen and oxygen atoms in total. The van der Waals surface area contributed by atoms with E-state index in [1.54, 1.807) is 41.8 Å². The molecule has 3 heterocycles. The first-order valence-corrected chi connectivity index (χ1v) is 12.4. The van der Waals surface area contributed by atoms with Crippen LogP contribution in [-0.2, 0) is 16.0 Å². The highest BCUT2D eigenvalue weighted by molar-refractivity contribution is 9.10. The molecule has 1 unspecified atom stereocenters. The standard InChI is InChI=1S/C28H24BrN3O5/c1-16-23(31-12-7-6-10-21(31)30-16)26(34)22-24(18-14-19(29)25(33)20(15-18)37-2)32(28(36)27(22)35)13-11-17-8-4-3-5-9-17/h3-10,12,14-15,24,33-34H,11,13H2,1-2H3. The molecular formula is C28H24BrN3O5. The monoisotopic (exact) mass is 561 g/mol. The summed E-state index contributed by atoms with van der Waals surface area (Å²) >= 11 is 3.34. The number of halogens is 1. The number of Topliss-reactive ketones (excluding diaryl/α,β-unsaturated/α-hetero) is 1. The summed E-state index contributed by atoms with van der Waals surface area (Å²) in [5, 5.41) is 22.0. The molecule has 2 N–H and O–H groups in total. The van der Waals surface area contributed by atoms with Gasteiger partial charge in [0.25, 0.3) is 11.7 Å². The first kappa shape index (κ1) is 24.6. The topological polar surface area (TPSA) is 104 Å². The Hall–Kier alpha value is -4.11.